The second kappa shape index (κ2) is 8.83. The van der Waals surface area contributed by atoms with Crippen molar-refractivity contribution in [3.63, 3.8) is 0 Å². The molecular weight excluding hydrogens is 344 g/mol. The van der Waals surface area contributed by atoms with Crippen molar-refractivity contribution in [3.8, 4) is 5.88 Å². The number of pyridine rings is 1. The van der Waals surface area contributed by atoms with Gasteiger partial charge in [0.2, 0.25) is 11.8 Å². The van der Waals surface area contributed by atoms with Gasteiger partial charge in [-0.15, -0.1) is 12.4 Å². The van der Waals surface area contributed by atoms with Gasteiger partial charge in [-0.3, -0.25) is 4.79 Å². The number of carbonyl (C=O) groups is 1. The highest BCUT2D eigenvalue weighted by atomic mass is 35.5. The summed E-state index contributed by atoms with van der Waals surface area (Å²) in [6.07, 6.45) is 2.68. The van der Waals surface area contributed by atoms with Crippen LogP contribution in [-0.2, 0) is 4.79 Å². The Labute approximate surface area is 154 Å². The molecule has 1 aromatic rings. The topological polar surface area (TPSA) is 91.7 Å². The first-order valence-corrected chi connectivity index (χ1v) is 8.77. The molecule has 1 aromatic heterocycles. The molecule has 0 aromatic carbocycles. The van der Waals surface area contributed by atoms with Crippen molar-refractivity contribution in [2.24, 2.45) is 11.8 Å². The maximum absolute atomic E-state index is 12.2. The third-order valence-electron chi connectivity index (χ3n) is 5.16. The van der Waals surface area contributed by atoms with Crippen LogP contribution in [0.15, 0.2) is 18.2 Å². The number of ether oxygens (including phenoxy) is 1. The van der Waals surface area contributed by atoms with Gasteiger partial charge < -0.3 is 20.3 Å². The number of aliphatic hydroxyl groups is 2. The van der Waals surface area contributed by atoms with E-state index in [1.807, 2.05) is 19.1 Å². The molecule has 140 valence electrons. The van der Waals surface area contributed by atoms with Crippen molar-refractivity contribution in [2.75, 3.05) is 6.61 Å². The molecule has 3 N–H and O–H groups in total. The van der Waals surface area contributed by atoms with Crippen molar-refractivity contribution >= 4 is 18.3 Å². The van der Waals surface area contributed by atoms with Crippen LogP contribution in [0.5, 0.6) is 5.88 Å². The Morgan fingerprint density at radius 3 is 2.68 bits per heavy atom. The predicted octanol–water partition coefficient (Wildman–Crippen LogP) is 1.61. The zero-order valence-corrected chi connectivity index (χ0v) is 15.2. The van der Waals surface area contributed by atoms with E-state index in [9.17, 15) is 15.0 Å². The molecule has 3 rings (SSSR count). The Kier molecular flexibility index (Phi) is 7.04. The van der Waals surface area contributed by atoms with Crippen LogP contribution < -0.4 is 10.1 Å². The van der Waals surface area contributed by atoms with E-state index in [1.54, 1.807) is 6.07 Å². The van der Waals surface area contributed by atoms with Gasteiger partial charge in [-0.1, -0.05) is 18.9 Å². The lowest BCUT2D eigenvalue weighted by Gasteiger charge is -2.20. The minimum Gasteiger partial charge on any atom is -0.477 e. The van der Waals surface area contributed by atoms with Crippen molar-refractivity contribution in [2.45, 2.75) is 57.3 Å². The molecule has 7 heteroatoms. The van der Waals surface area contributed by atoms with Gasteiger partial charge in [0.1, 0.15) is 6.10 Å². The summed E-state index contributed by atoms with van der Waals surface area (Å²) in [4.78, 5) is 16.5. The molecule has 1 amide bonds. The highest BCUT2D eigenvalue weighted by Crippen LogP contribution is 2.29. The van der Waals surface area contributed by atoms with Crippen LogP contribution in [0.1, 0.15) is 37.8 Å². The first-order valence-electron chi connectivity index (χ1n) is 8.77. The molecule has 2 fully saturated rings. The van der Waals surface area contributed by atoms with E-state index in [0.717, 1.165) is 31.4 Å². The summed E-state index contributed by atoms with van der Waals surface area (Å²) in [7, 11) is 0. The molecule has 2 aliphatic carbocycles. The number of nitrogens with zero attached hydrogens (tertiary/aromatic N) is 1. The molecular formula is C18H27ClN2O4. The number of aryl methyl sites for hydroxylation is 1. The molecule has 25 heavy (non-hydrogen) atoms. The maximum Gasteiger partial charge on any atom is 0.223 e. The second-order valence-corrected chi connectivity index (χ2v) is 7.00. The zero-order chi connectivity index (χ0) is 17.1. The monoisotopic (exact) mass is 370 g/mol. The number of nitrogens with one attached hydrogen (secondary N) is 1. The zero-order valence-electron chi connectivity index (χ0n) is 14.4. The second-order valence-electron chi connectivity index (χ2n) is 7.00. The van der Waals surface area contributed by atoms with Crippen LogP contribution in [0.3, 0.4) is 0 Å². The minimum absolute atomic E-state index is 0. The largest absolute Gasteiger partial charge is 0.477 e. The van der Waals surface area contributed by atoms with Gasteiger partial charge in [-0.2, -0.15) is 0 Å². The smallest absolute Gasteiger partial charge is 0.223 e. The molecule has 2 aliphatic rings. The standard InChI is InChI=1S/C18H26N2O4.ClH/c1-11-5-4-8-15(19-11)24-10-13-9-14(17(22)16(13)21)20-18(23)12-6-2-3-7-12;/h4-5,8,12-14,16-17,21-22H,2-3,6-7,9-10H2,1H3,(H,20,23);1H/t13-,14-,16-,17+;/m1./s1. The fourth-order valence-corrected chi connectivity index (χ4v) is 3.71. The third kappa shape index (κ3) is 4.84. The summed E-state index contributed by atoms with van der Waals surface area (Å²) >= 11 is 0. The Morgan fingerprint density at radius 2 is 2.00 bits per heavy atom. The first-order chi connectivity index (χ1) is 11.5. The normalized spacial score (nSPS) is 29.2. The quantitative estimate of drug-likeness (QED) is 0.732. The molecule has 6 nitrogen and oxygen atoms in total. The Bertz CT molecular complexity index is 580. The molecule has 0 bridgehead atoms. The summed E-state index contributed by atoms with van der Waals surface area (Å²) in [5.74, 6) is 0.345. The number of aliphatic hydroxyl groups excluding tert-OH is 2. The third-order valence-corrected chi connectivity index (χ3v) is 5.16. The van der Waals surface area contributed by atoms with E-state index in [4.69, 9.17) is 4.74 Å². The minimum atomic E-state index is -0.950. The first kappa shape index (κ1) is 19.9. The van der Waals surface area contributed by atoms with E-state index in [2.05, 4.69) is 10.3 Å². The van der Waals surface area contributed by atoms with Gasteiger partial charge in [0.15, 0.2) is 0 Å². The van der Waals surface area contributed by atoms with Gasteiger partial charge in [0.05, 0.1) is 18.8 Å². The maximum atomic E-state index is 12.2. The van der Waals surface area contributed by atoms with Gasteiger partial charge in [0, 0.05) is 23.6 Å². The Morgan fingerprint density at radius 1 is 1.28 bits per heavy atom. The lowest BCUT2D eigenvalue weighted by molar-refractivity contribution is -0.126. The summed E-state index contributed by atoms with van der Waals surface area (Å²) in [6.45, 7) is 2.15. The highest BCUT2D eigenvalue weighted by molar-refractivity contribution is 5.85. The van der Waals surface area contributed by atoms with E-state index in [-0.39, 0.29) is 36.8 Å². The Hall–Kier alpha value is -1.37. The van der Waals surface area contributed by atoms with E-state index in [0.29, 0.717) is 12.3 Å². The van der Waals surface area contributed by atoms with Gasteiger partial charge >= 0.3 is 0 Å². The molecule has 0 unspecified atom stereocenters. The summed E-state index contributed by atoms with van der Waals surface area (Å²) in [6, 6.07) is 5.11. The van der Waals surface area contributed by atoms with E-state index >= 15 is 0 Å². The lowest BCUT2D eigenvalue weighted by Crippen LogP contribution is -2.45. The number of rotatable bonds is 5. The molecule has 1 heterocycles. The number of halogens is 1. The van der Waals surface area contributed by atoms with Crippen molar-refractivity contribution in [3.05, 3.63) is 23.9 Å². The average Bonchev–Trinajstić information content (AvgIpc) is 3.18. The summed E-state index contributed by atoms with van der Waals surface area (Å²) in [5, 5.41) is 23.4. The van der Waals surface area contributed by atoms with Gasteiger partial charge in [0.25, 0.3) is 0 Å². The molecule has 0 radical (unpaired) electrons. The fraction of sp³-hybridized carbons (Fsp3) is 0.667. The van der Waals surface area contributed by atoms with Gasteiger partial charge in [-0.25, -0.2) is 4.98 Å². The number of carbonyl (C=O) groups excluding carboxylic acids is 1. The van der Waals surface area contributed by atoms with Crippen LogP contribution in [0.2, 0.25) is 0 Å². The average molecular weight is 371 g/mol. The van der Waals surface area contributed by atoms with Crippen LogP contribution in [0.25, 0.3) is 0 Å². The van der Waals surface area contributed by atoms with Crippen LogP contribution >= 0.6 is 12.4 Å². The van der Waals surface area contributed by atoms with E-state index in [1.165, 1.54) is 0 Å². The molecule has 2 saturated carbocycles. The predicted molar refractivity (Wildman–Crippen MR) is 95.7 cm³/mol. The molecule has 0 spiro atoms. The SMILES string of the molecule is Cc1cccc(OC[C@H]2C[C@@H](NC(=O)C3CCCC3)[C@H](O)[C@@H]2O)n1.Cl. The van der Waals surface area contributed by atoms with Crippen LogP contribution in [0, 0.1) is 18.8 Å². The van der Waals surface area contributed by atoms with Crippen molar-refractivity contribution in [1.82, 2.24) is 10.3 Å². The van der Waals surface area contributed by atoms with Crippen LogP contribution in [0.4, 0.5) is 0 Å². The van der Waals surface area contributed by atoms with Crippen molar-refractivity contribution < 1.29 is 19.7 Å². The lowest BCUT2D eigenvalue weighted by atomic mass is 10.1. The van der Waals surface area contributed by atoms with E-state index < -0.39 is 18.2 Å². The van der Waals surface area contributed by atoms with Crippen molar-refractivity contribution in [1.29, 1.82) is 0 Å². The molecule has 0 aliphatic heterocycles. The fourth-order valence-electron chi connectivity index (χ4n) is 3.71. The number of hydrogen-bond acceptors (Lipinski definition) is 5. The Balaban J connectivity index is 0.00000225. The summed E-state index contributed by atoms with van der Waals surface area (Å²) in [5.41, 5.74) is 0.862. The number of hydrogen-bond donors (Lipinski definition) is 3. The number of aromatic nitrogens is 1. The highest BCUT2D eigenvalue weighted by Gasteiger charge is 2.43. The van der Waals surface area contributed by atoms with Gasteiger partial charge in [-0.05, 0) is 32.3 Å². The molecule has 4 atom stereocenters. The van der Waals surface area contributed by atoms with Crippen LogP contribution in [-0.4, -0.2) is 46.0 Å². The molecule has 0 saturated heterocycles. The summed E-state index contributed by atoms with van der Waals surface area (Å²) < 4.78 is 5.65. The number of amides is 1.